The fourth-order valence-corrected chi connectivity index (χ4v) is 4.48. The van der Waals surface area contributed by atoms with Crippen molar-refractivity contribution in [2.75, 3.05) is 38.4 Å². The summed E-state index contributed by atoms with van der Waals surface area (Å²) in [6.45, 7) is 3.02. The van der Waals surface area contributed by atoms with Gasteiger partial charge in [0.1, 0.15) is 12.4 Å². The first-order valence-electron chi connectivity index (χ1n) is 9.20. The van der Waals surface area contributed by atoms with Gasteiger partial charge >= 0.3 is 0 Å². The molecule has 150 valence electrons. The molecule has 0 fully saturated rings. The third-order valence-corrected chi connectivity index (χ3v) is 6.31. The molecule has 1 aromatic heterocycles. The normalized spacial score (nSPS) is 11.3. The van der Waals surface area contributed by atoms with Gasteiger partial charge in [0.05, 0.1) is 32.9 Å². The van der Waals surface area contributed by atoms with E-state index in [0.717, 1.165) is 34.6 Å². The van der Waals surface area contributed by atoms with Gasteiger partial charge in [-0.05, 0) is 64.7 Å². The topological polar surface area (TPSA) is 45.6 Å². The molecule has 3 aromatic rings. The molecule has 3 rings (SSSR count). The molecule has 1 N–H and O–H groups in total. The van der Waals surface area contributed by atoms with Crippen LogP contribution in [-0.4, -0.2) is 43.6 Å². The number of aryl methyl sites for hydroxylation is 3. The Morgan fingerprint density at radius 1 is 1.21 bits per heavy atom. The zero-order valence-corrected chi connectivity index (χ0v) is 18.4. The van der Waals surface area contributed by atoms with E-state index in [4.69, 9.17) is 9.72 Å². The van der Waals surface area contributed by atoms with Crippen LogP contribution in [0.3, 0.4) is 0 Å². The number of hydrogen-bond acceptors (Lipinski definition) is 5. The lowest BCUT2D eigenvalue weighted by atomic mass is 10.1. The Kier molecular flexibility index (Phi) is 7.26. The Labute approximate surface area is 177 Å². The van der Waals surface area contributed by atoms with E-state index in [9.17, 15) is 9.50 Å². The number of alkyl halides is 1. The molecule has 0 radical (unpaired) electrons. The number of nitrogens with zero attached hydrogens (tertiary/aromatic N) is 2. The molecule has 0 aliphatic heterocycles. The van der Waals surface area contributed by atoms with Crippen molar-refractivity contribution in [3.8, 4) is 5.75 Å². The maximum atomic E-state index is 12.1. The second-order valence-electron chi connectivity index (χ2n) is 6.72. The van der Waals surface area contributed by atoms with E-state index in [1.807, 2.05) is 19.2 Å². The van der Waals surface area contributed by atoms with Crippen molar-refractivity contribution in [1.29, 1.82) is 0 Å². The number of fused-ring (bicyclic) bond motifs is 1. The van der Waals surface area contributed by atoms with Crippen LogP contribution >= 0.6 is 27.3 Å². The van der Waals surface area contributed by atoms with Crippen LogP contribution in [0.15, 0.2) is 34.8 Å². The first-order chi connectivity index (χ1) is 13.5. The molecular weight excluding hydrogens is 443 g/mol. The van der Waals surface area contributed by atoms with Crippen molar-refractivity contribution in [3.05, 3.63) is 50.9 Å². The first kappa shape index (κ1) is 21.0. The van der Waals surface area contributed by atoms with Gasteiger partial charge in [-0.25, -0.2) is 9.37 Å². The number of phenols is 1. The summed E-state index contributed by atoms with van der Waals surface area (Å²) in [7, 11) is 2.03. The van der Waals surface area contributed by atoms with Crippen LogP contribution < -0.4 is 4.90 Å². The summed E-state index contributed by atoms with van der Waals surface area (Å²) < 4.78 is 19.3. The van der Waals surface area contributed by atoms with Gasteiger partial charge in [0.25, 0.3) is 0 Å². The molecule has 4 nitrogen and oxygen atoms in total. The second kappa shape index (κ2) is 9.67. The summed E-state index contributed by atoms with van der Waals surface area (Å²) in [6.07, 6.45) is 1.73. The smallest absolute Gasteiger partial charge is 0.129 e. The first-order valence-corrected chi connectivity index (χ1v) is 10.8. The number of benzene rings is 2. The van der Waals surface area contributed by atoms with Crippen molar-refractivity contribution in [1.82, 2.24) is 4.98 Å². The number of ether oxygens (including phenoxy) is 1. The van der Waals surface area contributed by atoms with Crippen LogP contribution in [0.25, 0.3) is 10.2 Å². The van der Waals surface area contributed by atoms with Gasteiger partial charge in [-0.2, -0.15) is 0 Å². The molecule has 7 heteroatoms. The lowest BCUT2D eigenvalue weighted by Gasteiger charge is -2.21. The third-order valence-electron chi connectivity index (χ3n) is 4.59. The standard InChI is InChI=1S/C21H24BrFN2O2S/c1-14-11-17-20(13-18(14)25(2)8-10-27-9-7-23)28-21(24-17)6-4-15-3-5-19(26)16(22)12-15/h3,5,11-13,26H,4,6-10H2,1-2H3. The lowest BCUT2D eigenvalue weighted by Crippen LogP contribution is -2.23. The predicted molar refractivity (Wildman–Crippen MR) is 118 cm³/mol. The molecule has 0 unspecified atom stereocenters. The van der Waals surface area contributed by atoms with Gasteiger partial charge < -0.3 is 14.7 Å². The second-order valence-corrected chi connectivity index (χ2v) is 8.69. The van der Waals surface area contributed by atoms with Gasteiger partial charge in [-0.3, -0.25) is 0 Å². The lowest BCUT2D eigenvalue weighted by molar-refractivity contribution is 0.125. The molecule has 0 saturated heterocycles. The highest BCUT2D eigenvalue weighted by Crippen LogP contribution is 2.31. The van der Waals surface area contributed by atoms with Crippen molar-refractivity contribution >= 4 is 43.2 Å². The quantitative estimate of drug-likeness (QED) is 0.435. The number of phenolic OH excluding ortho intramolecular Hbond substituents is 1. The van der Waals surface area contributed by atoms with Gasteiger partial charge in [-0.15, -0.1) is 11.3 Å². The Morgan fingerprint density at radius 3 is 2.79 bits per heavy atom. The van der Waals surface area contributed by atoms with E-state index >= 15 is 0 Å². The van der Waals surface area contributed by atoms with Crippen LogP contribution in [0.4, 0.5) is 10.1 Å². The van der Waals surface area contributed by atoms with Gasteiger partial charge in [0.2, 0.25) is 0 Å². The highest BCUT2D eigenvalue weighted by atomic mass is 79.9. The average Bonchev–Trinajstić information content (AvgIpc) is 3.07. The van der Waals surface area contributed by atoms with Crippen LogP contribution in [0.1, 0.15) is 16.1 Å². The summed E-state index contributed by atoms with van der Waals surface area (Å²) in [6, 6.07) is 9.90. The number of rotatable bonds is 9. The van der Waals surface area contributed by atoms with Crippen molar-refractivity contribution in [2.45, 2.75) is 19.8 Å². The Balaban J connectivity index is 1.69. The Hall–Kier alpha value is -1.70. The van der Waals surface area contributed by atoms with E-state index in [0.29, 0.717) is 17.6 Å². The molecule has 1 heterocycles. The van der Waals surface area contributed by atoms with E-state index in [-0.39, 0.29) is 12.4 Å². The number of aromatic hydroxyl groups is 1. The number of anilines is 1. The molecule has 0 amide bonds. The monoisotopic (exact) mass is 466 g/mol. The molecule has 0 bridgehead atoms. The summed E-state index contributed by atoms with van der Waals surface area (Å²) in [5.41, 5.74) is 4.50. The molecule has 0 spiro atoms. The molecule has 0 atom stereocenters. The van der Waals surface area contributed by atoms with Gasteiger partial charge in [-0.1, -0.05) is 6.07 Å². The SMILES string of the molecule is Cc1cc2nc(CCc3ccc(O)c(Br)c3)sc2cc1N(C)CCOCCF. The molecule has 0 aliphatic carbocycles. The molecule has 0 saturated carbocycles. The van der Waals surface area contributed by atoms with Crippen molar-refractivity contribution in [3.63, 3.8) is 0 Å². The van der Waals surface area contributed by atoms with Gasteiger partial charge in [0.15, 0.2) is 0 Å². The zero-order valence-electron chi connectivity index (χ0n) is 16.0. The van der Waals surface area contributed by atoms with Crippen molar-refractivity contribution < 1.29 is 14.2 Å². The van der Waals surface area contributed by atoms with Crippen LogP contribution in [0, 0.1) is 6.92 Å². The molecular formula is C21H24BrFN2O2S. The Bertz CT molecular complexity index is 948. The maximum Gasteiger partial charge on any atom is 0.129 e. The van der Waals surface area contributed by atoms with Crippen LogP contribution in [0.2, 0.25) is 0 Å². The zero-order chi connectivity index (χ0) is 20.1. The molecule has 2 aromatic carbocycles. The van der Waals surface area contributed by atoms with Crippen LogP contribution in [-0.2, 0) is 17.6 Å². The fraction of sp³-hybridized carbons (Fsp3) is 0.381. The minimum absolute atomic E-state index is 0.154. The van der Waals surface area contributed by atoms with Gasteiger partial charge in [0, 0.05) is 25.7 Å². The fourth-order valence-electron chi connectivity index (χ4n) is 3.07. The summed E-state index contributed by atoms with van der Waals surface area (Å²) in [5, 5.41) is 10.7. The average molecular weight is 467 g/mol. The number of likely N-dealkylation sites (N-methyl/N-ethyl adjacent to an activating group) is 1. The number of aromatic nitrogens is 1. The predicted octanol–water partition coefficient (Wildman–Crippen LogP) is 5.28. The van der Waals surface area contributed by atoms with E-state index in [1.165, 1.54) is 10.3 Å². The summed E-state index contributed by atoms with van der Waals surface area (Å²) in [4.78, 5) is 6.93. The summed E-state index contributed by atoms with van der Waals surface area (Å²) in [5.74, 6) is 0.256. The van der Waals surface area contributed by atoms with E-state index < -0.39 is 6.67 Å². The third kappa shape index (κ3) is 5.21. The number of hydrogen-bond donors (Lipinski definition) is 1. The van der Waals surface area contributed by atoms with Crippen molar-refractivity contribution in [2.24, 2.45) is 0 Å². The Morgan fingerprint density at radius 2 is 2.04 bits per heavy atom. The number of thiazole rings is 1. The molecule has 28 heavy (non-hydrogen) atoms. The minimum atomic E-state index is -0.445. The highest BCUT2D eigenvalue weighted by molar-refractivity contribution is 9.10. The van der Waals surface area contributed by atoms with E-state index in [1.54, 1.807) is 17.4 Å². The molecule has 0 aliphatic rings. The largest absolute Gasteiger partial charge is 0.507 e. The van der Waals surface area contributed by atoms with Crippen LogP contribution in [0.5, 0.6) is 5.75 Å². The summed E-state index contributed by atoms with van der Waals surface area (Å²) >= 11 is 5.08. The highest BCUT2D eigenvalue weighted by Gasteiger charge is 2.11. The maximum absolute atomic E-state index is 12.1. The number of halogens is 2. The minimum Gasteiger partial charge on any atom is -0.507 e. The van der Waals surface area contributed by atoms with E-state index in [2.05, 4.69) is 39.9 Å².